The first-order chi connectivity index (χ1) is 7.31. The van der Waals surface area contributed by atoms with E-state index >= 15 is 0 Å². The van der Waals surface area contributed by atoms with Crippen LogP contribution in [0, 0.1) is 11.8 Å². The Bertz CT molecular complexity index is 245. The van der Waals surface area contributed by atoms with Crippen LogP contribution in [-0.4, -0.2) is 11.2 Å². The quantitative estimate of drug-likeness (QED) is 0.417. The summed E-state index contributed by atoms with van der Waals surface area (Å²) in [7, 11) is 0. The number of halogens is 1. The van der Waals surface area contributed by atoms with Gasteiger partial charge in [0.15, 0.2) is 0 Å². The van der Waals surface area contributed by atoms with Crippen molar-refractivity contribution in [3.8, 4) is 11.8 Å². The van der Waals surface area contributed by atoms with Crippen LogP contribution in [0.1, 0.15) is 39.0 Å². The van der Waals surface area contributed by atoms with E-state index in [0.717, 1.165) is 6.42 Å². The van der Waals surface area contributed by atoms with Gasteiger partial charge in [-0.25, -0.2) is 0 Å². The monoisotopic (exact) mass is 226 g/mol. The maximum absolute atomic E-state index is 9.38. The first-order valence-electron chi connectivity index (χ1n) is 5.40. The largest absolute Gasteiger partial charge is 0.380 e. The second-order valence-corrected chi connectivity index (χ2v) is 3.55. The van der Waals surface area contributed by atoms with Crippen molar-refractivity contribution in [1.82, 2.24) is 0 Å². The minimum atomic E-state index is -0.583. The molecule has 15 heavy (non-hydrogen) atoms. The Hall–Kier alpha value is -0.710. The Morgan fingerprint density at radius 1 is 1.33 bits per heavy atom. The molecule has 0 aromatic carbocycles. The smallest absolute Gasteiger partial charge is 0.118 e. The van der Waals surface area contributed by atoms with Crippen molar-refractivity contribution in [3.63, 3.8) is 0 Å². The fourth-order valence-corrected chi connectivity index (χ4v) is 1.15. The van der Waals surface area contributed by atoms with E-state index in [1.807, 2.05) is 6.08 Å². The van der Waals surface area contributed by atoms with Crippen LogP contribution < -0.4 is 0 Å². The van der Waals surface area contributed by atoms with Crippen molar-refractivity contribution in [2.45, 2.75) is 45.1 Å². The number of aliphatic hydroxyl groups excluding tert-OH is 1. The Balaban J connectivity index is 3.53. The van der Waals surface area contributed by atoms with E-state index in [9.17, 15) is 5.11 Å². The lowest BCUT2D eigenvalue weighted by molar-refractivity contribution is 0.236. The van der Waals surface area contributed by atoms with Gasteiger partial charge in [-0.3, -0.25) is 0 Å². The average Bonchev–Trinajstić information content (AvgIpc) is 2.23. The molecule has 1 N–H and O–H groups in total. The van der Waals surface area contributed by atoms with Crippen LogP contribution in [-0.2, 0) is 0 Å². The molecular formula is C13H19ClO. The number of aliphatic hydroxyl groups is 1. The second kappa shape index (κ2) is 11.4. The van der Waals surface area contributed by atoms with Crippen molar-refractivity contribution in [2.24, 2.45) is 0 Å². The molecule has 0 spiro atoms. The van der Waals surface area contributed by atoms with Gasteiger partial charge < -0.3 is 5.11 Å². The third-order valence-electron chi connectivity index (χ3n) is 1.90. The maximum Gasteiger partial charge on any atom is 0.118 e. The molecule has 0 amide bonds. The highest BCUT2D eigenvalue weighted by Gasteiger charge is 1.92. The Labute approximate surface area is 97.8 Å². The molecule has 0 aliphatic heterocycles. The summed E-state index contributed by atoms with van der Waals surface area (Å²) < 4.78 is 0. The molecule has 0 aromatic heterocycles. The zero-order valence-corrected chi connectivity index (χ0v) is 10.0. The van der Waals surface area contributed by atoms with E-state index in [1.54, 1.807) is 0 Å². The van der Waals surface area contributed by atoms with Gasteiger partial charge in [0.2, 0.25) is 0 Å². The van der Waals surface area contributed by atoms with Crippen molar-refractivity contribution in [3.05, 3.63) is 23.8 Å². The van der Waals surface area contributed by atoms with Gasteiger partial charge in [0, 0.05) is 12.0 Å². The van der Waals surface area contributed by atoms with E-state index in [0.29, 0.717) is 6.42 Å². The van der Waals surface area contributed by atoms with Crippen molar-refractivity contribution in [2.75, 3.05) is 0 Å². The molecule has 0 aliphatic rings. The third kappa shape index (κ3) is 11.2. The van der Waals surface area contributed by atoms with Gasteiger partial charge in [-0.1, -0.05) is 55.4 Å². The van der Waals surface area contributed by atoms with E-state index in [4.69, 9.17) is 11.6 Å². The van der Waals surface area contributed by atoms with Gasteiger partial charge in [0.1, 0.15) is 6.10 Å². The summed E-state index contributed by atoms with van der Waals surface area (Å²) >= 11 is 5.28. The van der Waals surface area contributed by atoms with Gasteiger partial charge in [-0.15, -0.1) is 0 Å². The maximum atomic E-state index is 9.38. The zero-order valence-electron chi connectivity index (χ0n) is 9.25. The van der Waals surface area contributed by atoms with Crippen LogP contribution in [0.4, 0.5) is 0 Å². The van der Waals surface area contributed by atoms with Crippen LogP contribution in [0.5, 0.6) is 0 Å². The first-order valence-corrected chi connectivity index (χ1v) is 5.84. The van der Waals surface area contributed by atoms with Crippen molar-refractivity contribution in [1.29, 1.82) is 0 Å². The fraction of sp³-hybridized carbons (Fsp3) is 0.538. The summed E-state index contributed by atoms with van der Waals surface area (Å²) in [5.41, 5.74) is 1.33. The van der Waals surface area contributed by atoms with Gasteiger partial charge >= 0.3 is 0 Å². The topological polar surface area (TPSA) is 20.2 Å². The molecule has 0 aliphatic carbocycles. The predicted octanol–water partition coefficient (Wildman–Crippen LogP) is 3.63. The zero-order chi connectivity index (χ0) is 11.4. The standard InChI is InChI=1S/C13H19ClO/c1-2-3-4-5-6-7-10-13(15)11-8-9-12-14/h6-7,9,12-13,15H,2-5,10H2,1H3/b7-6-,12-9+. The average molecular weight is 227 g/mol. The summed E-state index contributed by atoms with van der Waals surface area (Å²) in [6.07, 6.45) is 10.4. The summed E-state index contributed by atoms with van der Waals surface area (Å²) in [5, 5.41) is 9.38. The number of unbranched alkanes of at least 4 members (excludes halogenated alkanes) is 3. The van der Waals surface area contributed by atoms with Crippen LogP contribution >= 0.6 is 11.6 Å². The Morgan fingerprint density at radius 2 is 2.13 bits per heavy atom. The lowest BCUT2D eigenvalue weighted by Crippen LogP contribution is -1.99. The lowest BCUT2D eigenvalue weighted by atomic mass is 10.1. The molecule has 0 fully saturated rings. The fourth-order valence-electron chi connectivity index (χ4n) is 1.09. The van der Waals surface area contributed by atoms with Crippen LogP contribution in [0.2, 0.25) is 0 Å². The molecule has 0 saturated carbocycles. The number of allylic oxidation sites excluding steroid dienone is 2. The molecule has 2 heteroatoms. The predicted molar refractivity (Wildman–Crippen MR) is 66.7 cm³/mol. The highest BCUT2D eigenvalue weighted by Crippen LogP contribution is 2.01. The minimum Gasteiger partial charge on any atom is -0.380 e. The third-order valence-corrected chi connectivity index (χ3v) is 2.02. The van der Waals surface area contributed by atoms with Gasteiger partial charge in [-0.2, -0.15) is 0 Å². The SMILES string of the molecule is CCCCC/C=C\CC(O)C#C/C=C/Cl. The molecule has 1 nitrogen and oxygen atoms in total. The van der Waals surface area contributed by atoms with Crippen LogP contribution in [0.3, 0.4) is 0 Å². The molecule has 84 valence electrons. The molecule has 0 bridgehead atoms. The summed E-state index contributed by atoms with van der Waals surface area (Å²) in [6, 6.07) is 0. The second-order valence-electron chi connectivity index (χ2n) is 3.30. The van der Waals surface area contributed by atoms with E-state index in [-0.39, 0.29) is 0 Å². The van der Waals surface area contributed by atoms with Gasteiger partial charge in [0.05, 0.1) is 0 Å². The minimum absolute atomic E-state index is 0.583. The number of hydrogen-bond donors (Lipinski definition) is 1. The van der Waals surface area contributed by atoms with Gasteiger partial charge in [0.25, 0.3) is 0 Å². The van der Waals surface area contributed by atoms with Crippen LogP contribution in [0.25, 0.3) is 0 Å². The first kappa shape index (κ1) is 14.3. The molecule has 0 aromatic rings. The van der Waals surface area contributed by atoms with Crippen molar-refractivity contribution >= 4 is 11.6 Å². The van der Waals surface area contributed by atoms with Crippen molar-refractivity contribution < 1.29 is 5.11 Å². The van der Waals surface area contributed by atoms with E-state index < -0.39 is 6.10 Å². The molecule has 1 atom stereocenters. The Morgan fingerprint density at radius 3 is 2.80 bits per heavy atom. The van der Waals surface area contributed by atoms with E-state index in [1.165, 1.54) is 30.9 Å². The molecular weight excluding hydrogens is 208 g/mol. The number of rotatable bonds is 6. The van der Waals surface area contributed by atoms with Gasteiger partial charge in [-0.05, 0) is 18.9 Å². The highest BCUT2D eigenvalue weighted by molar-refractivity contribution is 6.25. The van der Waals surface area contributed by atoms with E-state index in [2.05, 4.69) is 24.8 Å². The highest BCUT2D eigenvalue weighted by atomic mass is 35.5. The summed E-state index contributed by atoms with van der Waals surface area (Å²) in [5.74, 6) is 5.32. The lowest BCUT2D eigenvalue weighted by Gasteiger charge is -1.96. The Kier molecular flexibility index (Phi) is 10.8. The molecule has 0 rings (SSSR count). The molecule has 0 saturated heterocycles. The molecule has 0 radical (unpaired) electrons. The van der Waals surface area contributed by atoms with Crippen LogP contribution in [0.15, 0.2) is 23.8 Å². The molecule has 0 heterocycles. The molecule has 1 unspecified atom stereocenters. The normalized spacial score (nSPS) is 13.0. The summed E-state index contributed by atoms with van der Waals surface area (Å²) in [4.78, 5) is 0. The summed E-state index contributed by atoms with van der Waals surface area (Å²) in [6.45, 7) is 2.19. The number of hydrogen-bond acceptors (Lipinski definition) is 1.